The molecule has 27 heavy (non-hydrogen) atoms. The number of carbonyl (C=O) groups is 2. The van der Waals surface area contributed by atoms with Crippen molar-refractivity contribution in [2.24, 2.45) is 0 Å². The summed E-state index contributed by atoms with van der Waals surface area (Å²) in [6.45, 7) is 1.29. The molecule has 1 fully saturated rings. The Morgan fingerprint density at radius 3 is 3.00 bits per heavy atom. The van der Waals surface area contributed by atoms with Gasteiger partial charge in [-0.05, 0) is 55.2 Å². The first-order valence-electron chi connectivity index (χ1n) is 9.28. The lowest BCUT2D eigenvalue weighted by molar-refractivity contribution is -0.118. The van der Waals surface area contributed by atoms with Crippen LogP contribution in [0.15, 0.2) is 42.5 Å². The van der Waals surface area contributed by atoms with Gasteiger partial charge in [0.1, 0.15) is 11.8 Å². The fourth-order valence-electron chi connectivity index (χ4n) is 3.80. The van der Waals surface area contributed by atoms with Crippen molar-refractivity contribution in [1.82, 2.24) is 5.32 Å². The van der Waals surface area contributed by atoms with E-state index >= 15 is 0 Å². The molecular formula is C21H23N3O3. The van der Waals surface area contributed by atoms with Gasteiger partial charge in [0, 0.05) is 18.7 Å². The first-order chi connectivity index (χ1) is 13.2. The summed E-state index contributed by atoms with van der Waals surface area (Å²) in [4.78, 5) is 27.1. The summed E-state index contributed by atoms with van der Waals surface area (Å²) in [5.41, 5.74) is 3.22. The van der Waals surface area contributed by atoms with Crippen LogP contribution in [0.2, 0.25) is 0 Å². The van der Waals surface area contributed by atoms with Gasteiger partial charge in [0.2, 0.25) is 5.91 Å². The quantitative estimate of drug-likeness (QED) is 0.874. The van der Waals surface area contributed by atoms with Crippen molar-refractivity contribution in [3.8, 4) is 5.75 Å². The third-order valence-corrected chi connectivity index (χ3v) is 5.22. The topological polar surface area (TPSA) is 70.7 Å². The number of piperidine rings is 1. The van der Waals surface area contributed by atoms with E-state index in [9.17, 15) is 9.59 Å². The second-order valence-electron chi connectivity index (χ2n) is 6.96. The highest BCUT2D eigenvalue weighted by Gasteiger charge is 2.34. The van der Waals surface area contributed by atoms with Crippen molar-refractivity contribution in [2.75, 3.05) is 23.9 Å². The summed E-state index contributed by atoms with van der Waals surface area (Å²) in [6.07, 6.45) is 3.05. The standard InChI is InChI=1S/C21H23N3O3/c1-27-16-6-4-5-14(11-16)13-22-20(25)15-8-9-18-17(12-15)23-21(26)19-7-2-3-10-24(18)19/h4-6,8-9,11-12,19H,2-3,7,10,13H2,1H3,(H,22,25)(H,23,26). The van der Waals surface area contributed by atoms with E-state index in [1.54, 1.807) is 13.2 Å². The second kappa shape index (κ2) is 7.31. The molecule has 0 aromatic heterocycles. The zero-order valence-electron chi connectivity index (χ0n) is 15.3. The molecule has 0 spiro atoms. The van der Waals surface area contributed by atoms with Crippen LogP contribution in [0.1, 0.15) is 35.2 Å². The van der Waals surface area contributed by atoms with E-state index in [0.717, 1.165) is 42.8 Å². The Balaban J connectivity index is 1.49. The van der Waals surface area contributed by atoms with E-state index in [1.165, 1.54) is 0 Å². The third kappa shape index (κ3) is 3.47. The molecule has 0 bridgehead atoms. The lowest BCUT2D eigenvalue weighted by Crippen LogP contribution is -2.50. The molecule has 2 aromatic carbocycles. The highest BCUT2D eigenvalue weighted by molar-refractivity contribution is 6.05. The lowest BCUT2D eigenvalue weighted by atomic mass is 9.97. The minimum atomic E-state index is -0.171. The number of benzene rings is 2. The Bertz CT molecular complexity index is 881. The molecule has 0 radical (unpaired) electrons. The Morgan fingerprint density at radius 1 is 1.26 bits per heavy atom. The first-order valence-corrected chi connectivity index (χ1v) is 9.28. The predicted octanol–water partition coefficient (Wildman–Crippen LogP) is 2.94. The number of nitrogens with zero attached hydrogens (tertiary/aromatic N) is 1. The van der Waals surface area contributed by atoms with Crippen molar-refractivity contribution in [3.63, 3.8) is 0 Å². The molecule has 0 saturated carbocycles. The Hall–Kier alpha value is -3.02. The number of methoxy groups -OCH3 is 1. The molecular weight excluding hydrogens is 342 g/mol. The van der Waals surface area contributed by atoms with E-state index in [0.29, 0.717) is 17.8 Å². The zero-order valence-corrected chi connectivity index (χ0v) is 15.3. The van der Waals surface area contributed by atoms with E-state index < -0.39 is 0 Å². The normalized spacial score (nSPS) is 18.2. The van der Waals surface area contributed by atoms with Gasteiger partial charge in [-0.15, -0.1) is 0 Å². The van der Waals surface area contributed by atoms with Crippen LogP contribution in [0.5, 0.6) is 5.75 Å². The highest BCUT2D eigenvalue weighted by atomic mass is 16.5. The summed E-state index contributed by atoms with van der Waals surface area (Å²) >= 11 is 0. The maximum atomic E-state index is 12.6. The van der Waals surface area contributed by atoms with Gasteiger partial charge in [-0.1, -0.05) is 12.1 Å². The first kappa shape index (κ1) is 17.4. The number of carbonyl (C=O) groups excluding carboxylic acids is 2. The smallest absolute Gasteiger partial charge is 0.251 e. The van der Waals surface area contributed by atoms with Gasteiger partial charge < -0.3 is 20.3 Å². The third-order valence-electron chi connectivity index (χ3n) is 5.22. The van der Waals surface area contributed by atoms with Gasteiger partial charge in [-0.3, -0.25) is 9.59 Å². The number of hydrogen-bond donors (Lipinski definition) is 2. The fourth-order valence-corrected chi connectivity index (χ4v) is 3.80. The molecule has 2 aromatic rings. The number of anilines is 2. The average molecular weight is 365 g/mol. The van der Waals surface area contributed by atoms with Crippen LogP contribution in [0.3, 0.4) is 0 Å². The minimum absolute atomic E-state index is 0.0242. The monoisotopic (exact) mass is 365 g/mol. The molecule has 6 heteroatoms. The molecule has 1 atom stereocenters. The molecule has 1 saturated heterocycles. The van der Waals surface area contributed by atoms with Gasteiger partial charge in [-0.25, -0.2) is 0 Å². The molecule has 140 valence electrons. The number of fused-ring (bicyclic) bond motifs is 3. The van der Waals surface area contributed by atoms with Crippen molar-refractivity contribution < 1.29 is 14.3 Å². The van der Waals surface area contributed by atoms with Crippen LogP contribution < -0.4 is 20.3 Å². The van der Waals surface area contributed by atoms with Crippen molar-refractivity contribution in [3.05, 3.63) is 53.6 Å². The van der Waals surface area contributed by atoms with Crippen LogP contribution in [-0.2, 0) is 11.3 Å². The van der Waals surface area contributed by atoms with Crippen molar-refractivity contribution >= 4 is 23.2 Å². The summed E-state index contributed by atoms with van der Waals surface area (Å²) < 4.78 is 5.20. The number of hydrogen-bond acceptors (Lipinski definition) is 4. The number of amides is 2. The number of rotatable bonds is 4. The predicted molar refractivity (Wildman–Crippen MR) is 104 cm³/mol. The summed E-state index contributed by atoms with van der Waals surface area (Å²) in [5, 5.41) is 5.89. The maximum Gasteiger partial charge on any atom is 0.251 e. The molecule has 2 heterocycles. The van der Waals surface area contributed by atoms with Crippen LogP contribution in [-0.4, -0.2) is 31.5 Å². The molecule has 2 N–H and O–H groups in total. The van der Waals surface area contributed by atoms with Gasteiger partial charge in [0.05, 0.1) is 18.5 Å². The Labute approximate surface area is 158 Å². The molecule has 0 aliphatic carbocycles. The molecule has 2 amide bonds. The fraction of sp³-hybridized carbons (Fsp3) is 0.333. The largest absolute Gasteiger partial charge is 0.497 e. The van der Waals surface area contributed by atoms with Gasteiger partial charge in [-0.2, -0.15) is 0 Å². The number of nitrogens with one attached hydrogen (secondary N) is 2. The summed E-state index contributed by atoms with van der Waals surface area (Å²) in [5.74, 6) is 0.612. The van der Waals surface area contributed by atoms with Crippen LogP contribution in [0, 0.1) is 0 Å². The molecule has 1 unspecified atom stereocenters. The van der Waals surface area contributed by atoms with E-state index in [-0.39, 0.29) is 17.9 Å². The van der Waals surface area contributed by atoms with E-state index in [1.807, 2.05) is 36.4 Å². The molecule has 6 nitrogen and oxygen atoms in total. The summed E-state index contributed by atoms with van der Waals surface area (Å²) in [6, 6.07) is 13.0. The SMILES string of the molecule is COc1cccc(CNC(=O)c2ccc3c(c2)NC(=O)C2CCCCN32)c1. The molecule has 4 rings (SSSR count). The van der Waals surface area contributed by atoms with Gasteiger partial charge in [0.25, 0.3) is 5.91 Å². The second-order valence-corrected chi connectivity index (χ2v) is 6.96. The zero-order chi connectivity index (χ0) is 18.8. The van der Waals surface area contributed by atoms with Crippen molar-refractivity contribution in [1.29, 1.82) is 0 Å². The van der Waals surface area contributed by atoms with Crippen molar-refractivity contribution in [2.45, 2.75) is 31.8 Å². The van der Waals surface area contributed by atoms with Gasteiger partial charge >= 0.3 is 0 Å². The summed E-state index contributed by atoms with van der Waals surface area (Å²) in [7, 11) is 1.62. The number of ether oxygens (including phenoxy) is 1. The van der Waals surface area contributed by atoms with E-state index in [4.69, 9.17) is 4.74 Å². The van der Waals surface area contributed by atoms with Crippen LogP contribution in [0.4, 0.5) is 11.4 Å². The average Bonchev–Trinajstić information content (AvgIpc) is 2.72. The van der Waals surface area contributed by atoms with Gasteiger partial charge in [0.15, 0.2) is 0 Å². The highest BCUT2D eigenvalue weighted by Crippen LogP contribution is 2.36. The maximum absolute atomic E-state index is 12.6. The molecule has 2 aliphatic heterocycles. The van der Waals surface area contributed by atoms with E-state index in [2.05, 4.69) is 15.5 Å². The molecule has 2 aliphatic rings. The lowest BCUT2D eigenvalue weighted by Gasteiger charge is -2.41. The Morgan fingerprint density at radius 2 is 2.15 bits per heavy atom. The van der Waals surface area contributed by atoms with Crippen LogP contribution in [0.25, 0.3) is 0 Å². The van der Waals surface area contributed by atoms with Crippen LogP contribution >= 0.6 is 0 Å². The minimum Gasteiger partial charge on any atom is -0.497 e. The Kier molecular flexibility index (Phi) is 4.71.